The smallest absolute Gasteiger partial charge is 0.127 e. The molecule has 1 N–H and O–H groups in total. The van der Waals surface area contributed by atoms with E-state index in [1.807, 2.05) is 12.1 Å². The van der Waals surface area contributed by atoms with E-state index < -0.39 is 0 Å². The van der Waals surface area contributed by atoms with Crippen LogP contribution in [0.25, 0.3) is 0 Å². The Hall–Kier alpha value is -0.890. The topological polar surface area (TPSA) is 12.0 Å². The SMILES string of the molecule is Fc1ccccc1CNCCC1CCCC1. The van der Waals surface area contributed by atoms with Crippen molar-refractivity contribution >= 4 is 0 Å². The molecule has 0 spiro atoms. The fourth-order valence-electron chi connectivity index (χ4n) is 2.47. The van der Waals surface area contributed by atoms with Gasteiger partial charge in [0, 0.05) is 12.1 Å². The van der Waals surface area contributed by atoms with E-state index in [2.05, 4.69) is 5.32 Å². The first-order valence-electron chi connectivity index (χ1n) is 6.30. The van der Waals surface area contributed by atoms with Gasteiger partial charge in [-0.25, -0.2) is 4.39 Å². The van der Waals surface area contributed by atoms with Crippen molar-refractivity contribution in [1.82, 2.24) is 5.32 Å². The minimum absolute atomic E-state index is 0.101. The molecule has 0 amide bonds. The third-order valence-corrected chi connectivity index (χ3v) is 3.48. The second-order valence-corrected chi connectivity index (χ2v) is 4.71. The van der Waals surface area contributed by atoms with E-state index in [9.17, 15) is 4.39 Å². The monoisotopic (exact) mass is 221 g/mol. The van der Waals surface area contributed by atoms with Crippen LogP contribution in [0.15, 0.2) is 24.3 Å². The molecule has 0 heterocycles. The molecule has 0 radical (unpaired) electrons. The number of halogens is 1. The maximum Gasteiger partial charge on any atom is 0.127 e. The molecule has 0 aromatic heterocycles. The molecule has 1 aliphatic rings. The lowest BCUT2D eigenvalue weighted by Gasteiger charge is -2.10. The van der Waals surface area contributed by atoms with Crippen LogP contribution < -0.4 is 5.32 Å². The molecule has 1 saturated carbocycles. The van der Waals surface area contributed by atoms with Crippen LogP contribution in [0.2, 0.25) is 0 Å². The maximum absolute atomic E-state index is 13.3. The highest BCUT2D eigenvalue weighted by Crippen LogP contribution is 2.26. The Balaban J connectivity index is 1.66. The highest BCUT2D eigenvalue weighted by Gasteiger charge is 2.13. The third kappa shape index (κ3) is 3.31. The van der Waals surface area contributed by atoms with Crippen molar-refractivity contribution in [2.45, 2.75) is 38.6 Å². The molecule has 0 bridgehead atoms. The number of hydrogen-bond donors (Lipinski definition) is 1. The maximum atomic E-state index is 13.3. The summed E-state index contributed by atoms with van der Waals surface area (Å²) in [7, 11) is 0. The zero-order chi connectivity index (χ0) is 11.2. The Morgan fingerprint density at radius 2 is 1.94 bits per heavy atom. The van der Waals surface area contributed by atoms with E-state index in [0.29, 0.717) is 6.54 Å². The van der Waals surface area contributed by atoms with Crippen LogP contribution in [0.5, 0.6) is 0 Å². The van der Waals surface area contributed by atoms with Crippen molar-refractivity contribution in [1.29, 1.82) is 0 Å². The Kier molecular flexibility index (Phi) is 4.34. The van der Waals surface area contributed by atoms with E-state index in [1.165, 1.54) is 38.2 Å². The zero-order valence-corrected chi connectivity index (χ0v) is 9.71. The van der Waals surface area contributed by atoms with E-state index in [-0.39, 0.29) is 5.82 Å². The number of nitrogens with one attached hydrogen (secondary N) is 1. The van der Waals surface area contributed by atoms with Crippen molar-refractivity contribution in [2.75, 3.05) is 6.54 Å². The Morgan fingerprint density at radius 1 is 1.19 bits per heavy atom. The third-order valence-electron chi connectivity index (χ3n) is 3.48. The molecule has 1 aromatic rings. The number of hydrogen-bond acceptors (Lipinski definition) is 1. The molecule has 0 aliphatic heterocycles. The van der Waals surface area contributed by atoms with Crippen molar-refractivity contribution in [2.24, 2.45) is 5.92 Å². The van der Waals surface area contributed by atoms with Gasteiger partial charge in [0.1, 0.15) is 5.82 Å². The molecule has 0 unspecified atom stereocenters. The molecular formula is C14H20FN. The standard InChI is InChI=1S/C14H20FN/c15-14-8-4-3-7-13(14)11-16-10-9-12-5-1-2-6-12/h3-4,7-8,12,16H,1-2,5-6,9-11H2. The predicted molar refractivity (Wildman–Crippen MR) is 64.7 cm³/mol. The fourth-order valence-corrected chi connectivity index (χ4v) is 2.47. The van der Waals surface area contributed by atoms with Crippen molar-refractivity contribution in [3.05, 3.63) is 35.6 Å². The zero-order valence-electron chi connectivity index (χ0n) is 9.71. The summed E-state index contributed by atoms with van der Waals surface area (Å²) in [6, 6.07) is 6.99. The minimum Gasteiger partial charge on any atom is -0.313 e. The van der Waals surface area contributed by atoms with Gasteiger partial charge in [-0.1, -0.05) is 43.9 Å². The Morgan fingerprint density at radius 3 is 2.69 bits per heavy atom. The summed E-state index contributed by atoms with van der Waals surface area (Å²) < 4.78 is 13.3. The molecule has 16 heavy (non-hydrogen) atoms. The van der Waals surface area contributed by atoms with Gasteiger partial charge in [-0.3, -0.25) is 0 Å². The van der Waals surface area contributed by atoms with E-state index in [0.717, 1.165) is 18.0 Å². The van der Waals surface area contributed by atoms with Crippen molar-refractivity contribution in [3.63, 3.8) is 0 Å². The lowest BCUT2D eigenvalue weighted by molar-refractivity contribution is 0.474. The average molecular weight is 221 g/mol. The van der Waals surface area contributed by atoms with Crippen LogP contribution in [0.3, 0.4) is 0 Å². The summed E-state index contributed by atoms with van der Waals surface area (Å²) in [5.74, 6) is 0.809. The molecule has 2 heteroatoms. The first-order valence-corrected chi connectivity index (χ1v) is 6.30. The average Bonchev–Trinajstić information content (AvgIpc) is 2.79. The van der Waals surface area contributed by atoms with Gasteiger partial charge in [-0.2, -0.15) is 0 Å². The van der Waals surface area contributed by atoms with Gasteiger partial charge >= 0.3 is 0 Å². The van der Waals surface area contributed by atoms with Gasteiger partial charge < -0.3 is 5.32 Å². The quantitative estimate of drug-likeness (QED) is 0.750. The highest BCUT2D eigenvalue weighted by atomic mass is 19.1. The second kappa shape index (κ2) is 6.00. The first kappa shape index (κ1) is 11.6. The van der Waals surface area contributed by atoms with Gasteiger partial charge in [0.25, 0.3) is 0 Å². The van der Waals surface area contributed by atoms with Crippen LogP contribution in [-0.2, 0) is 6.54 Å². The Bertz CT molecular complexity index is 318. The molecule has 1 aromatic carbocycles. The number of rotatable bonds is 5. The summed E-state index contributed by atoms with van der Waals surface area (Å²) >= 11 is 0. The van der Waals surface area contributed by atoms with Gasteiger partial charge in [0.15, 0.2) is 0 Å². The molecule has 88 valence electrons. The van der Waals surface area contributed by atoms with Crippen molar-refractivity contribution in [3.8, 4) is 0 Å². The van der Waals surface area contributed by atoms with Crippen molar-refractivity contribution < 1.29 is 4.39 Å². The molecule has 0 atom stereocenters. The van der Waals surface area contributed by atoms with E-state index in [4.69, 9.17) is 0 Å². The predicted octanol–water partition coefficient (Wildman–Crippen LogP) is 3.50. The summed E-state index contributed by atoms with van der Waals surface area (Å²) in [6.07, 6.45) is 6.83. The van der Waals surface area contributed by atoms with Crippen LogP contribution in [0.4, 0.5) is 4.39 Å². The van der Waals surface area contributed by atoms with Gasteiger partial charge in [0.05, 0.1) is 0 Å². The van der Waals surface area contributed by atoms with Gasteiger partial charge in [-0.15, -0.1) is 0 Å². The van der Waals surface area contributed by atoms with Crippen LogP contribution in [0, 0.1) is 11.7 Å². The molecule has 2 rings (SSSR count). The van der Waals surface area contributed by atoms with Crippen LogP contribution in [0.1, 0.15) is 37.7 Å². The molecule has 1 aliphatic carbocycles. The van der Waals surface area contributed by atoms with E-state index >= 15 is 0 Å². The fraction of sp³-hybridized carbons (Fsp3) is 0.571. The van der Waals surface area contributed by atoms with Gasteiger partial charge in [0.2, 0.25) is 0 Å². The molecule has 1 fully saturated rings. The van der Waals surface area contributed by atoms with E-state index in [1.54, 1.807) is 6.07 Å². The highest BCUT2D eigenvalue weighted by molar-refractivity contribution is 5.16. The van der Waals surface area contributed by atoms with Crippen LogP contribution >= 0.6 is 0 Å². The Labute approximate surface area is 97.1 Å². The molecule has 0 saturated heterocycles. The first-order chi connectivity index (χ1) is 7.86. The summed E-state index contributed by atoms with van der Waals surface area (Å²) in [6.45, 7) is 1.67. The molecule has 1 nitrogen and oxygen atoms in total. The minimum atomic E-state index is -0.101. The largest absolute Gasteiger partial charge is 0.313 e. The lowest BCUT2D eigenvalue weighted by atomic mass is 10.0. The number of benzene rings is 1. The normalized spacial score (nSPS) is 16.8. The second-order valence-electron chi connectivity index (χ2n) is 4.71. The summed E-state index contributed by atoms with van der Waals surface area (Å²) in [5, 5.41) is 3.33. The van der Waals surface area contributed by atoms with Gasteiger partial charge in [-0.05, 0) is 24.9 Å². The van der Waals surface area contributed by atoms with Crippen LogP contribution in [-0.4, -0.2) is 6.54 Å². The summed E-state index contributed by atoms with van der Waals surface area (Å²) in [4.78, 5) is 0. The summed E-state index contributed by atoms with van der Waals surface area (Å²) in [5.41, 5.74) is 0.772. The molecular weight excluding hydrogens is 201 g/mol. The lowest BCUT2D eigenvalue weighted by Crippen LogP contribution is -2.17.